The Morgan fingerprint density at radius 3 is 1.03 bits per heavy atom. The maximum atomic E-state index is 5.64. The number of rotatable bonds is 6. The molecule has 6 rings (SSSR count). The molecule has 176 valence electrons. The maximum Gasteiger partial charge on any atom is 0.231 e. The van der Waals surface area contributed by atoms with Crippen LogP contribution in [0.2, 0.25) is 0 Å². The third-order valence-corrected chi connectivity index (χ3v) is 8.82. The molecule has 3 heterocycles. The highest BCUT2D eigenvalue weighted by Crippen LogP contribution is 2.39. The number of halogens is 3. The van der Waals surface area contributed by atoms with Crippen LogP contribution >= 0.6 is 67.8 Å². The van der Waals surface area contributed by atoms with E-state index in [1.54, 1.807) is 0 Å². The fourth-order valence-electron chi connectivity index (χ4n) is 4.13. The van der Waals surface area contributed by atoms with Crippen LogP contribution in [0, 0.1) is 10.7 Å². The van der Waals surface area contributed by atoms with Crippen LogP contribution < -0.4 is 28.4 Å². The normalized spacial score (nSPS) is 14.8. The van der Waals surface area contributed by atoms with Gasteiger partial charge in [0, 0.05) is 30.3 Å². The van der Waals surface area contributed by atoms with E-state index in [4.69, 9.17) is 28.4 Å². The second-order valence-corrected chi connectivity index (χ2v) is 11.5. The van der Waals surface area contributed by atoms with Crippen molar-refractivity contribution in [1.82, 2.24) is 4.90 Å². The van der Waals surface area contributed by atoms with Gasteiger partial charge in [-0.2, -0.15) is 0 Å². The maximum absolute atomic E-state index is 5.64. The van der Waals surface area contributed by atoms with Crippen molar-refractivity contribution in [3.63, 3.8) is 0 Å². The Labute approximate surface area is 237 Å². The molecule has 0 spiro atoms. The van der Waals surface area contributed by atoms with E-state index < -0.39 is 0 Å². The fraction of sp³-hybridized carbons (Fsp3) is 0.250. The molecule has 10 heteroatoms. The van der Waals surface area contributed by atoms with Gasteiger partial charge in [0.05, 0.1) is 0 Å². The number of fused-ring (bicyclic) bond motifs is 3. The topological polar surface area (TPSA) is 58.6 Å². The molecular weight excluding hydrogens is 779 g/mol. The van der Waals surface area contributed by atoms with Crippen molar-refractivity contribution in [2.45, 2.75) is 19.6 Å². The molecule has 0 aliphatic carbocycles. The monoisotopic (exact) mass is 797 g/mol. The van der Waals surface area contributed by atoms with Crippen molar-refractivity contribution >= 4 is 67.8 Å². The standard InChI is InChI=1S/C24H18I3NO6/c25-16-4-22-19(29-10-32-22)1-13(16)7-28(8-14-2-20-23(5-17(14)26)33-11-30-20)9-15-3-21-24(6-18(15)27)34-12-31-21/h1-6H,7-12H2. The van der Waals surface area contributed by atoms with Gasteiger partial charge in [-0.1, -0.05) is 0 Å². The minimum atomic E-state index is 0.267. The van der Waals surface area contributed by atoms with Crippen LogP contribution in [0.3, 0.4) is 0 Å². The lowest BCUT2D eigenvalue weighted by molar-refractivity contribution is 0.173. The lowest BCUT2D eigenvalue weighted by Gasteiger charge is -2.25. The predicted molar refractivity (Wildman–Crippen MR) is 149 cm³/mol. The van der Waals surface area contributed by atoms with E-state index in [2.05, 4.69) is 90.9 Å². The molecule has 7 nitrogen and oxygen atoms in total. The van der Waals surface area contributed by atoms with Crippen molar-refractivity contribution < 1.29 is 28.4 Å². The summed E-state index contributed by atoms with van der Waals surface area (Å²) in [4.78, 5) is 2.42. The molecule has 3 aliphatic rings. The Hall–Kier alpha value is -1.39. The van der Waals surface area contributed by atoms with Gasteiger partial charge in [-0.05, 0) is 121 Å². The van der Waals surface area contributed by atoms with Gasteiger partial charge in [0.15, 0.2) is 34.5 Å². The molecule has 0 amide bonds. The molecule has 0 saturated heterocycles. The molecule has 0 aromatic heterocycles. The van der Waals surface area contributed by atoms with Crippen molar-refractivity contribution in [1.29, 1.82) is 0 Å². The second kappa shape index (κ2) is 9.58. The van der Waals surface area contributed by atoms with Crippen LogP contribution in [0.25, 0.3) is 0 Å². The van der Waals surface area contributed by atoms with Crippen LogP contribution in [0.4, 0.5) is 0 Å². The quantitative estimate of drug-likeness (QED) is 0.289. The van der Waals surface area contributed by atoms with E-state index in [-0.39, 0.29) is 20.4 Å². The van der Waals surface area contributed by atoms with Gasteiger partial charge in [-0.15, -0.1) is 0 Å². The first-order chi connectivity index (χ1) is 16.5. The average Bonchev–Trinajstić information content (AvgIpc) is 3.55. The third kappa shape index (κ3) is 4.57. The summed E-state index contributed by atoms with van der Waals surface area (Å²) >= 11 is 7.12. The van der Waals surface area contributed by atoms with Gasteiger partial charge < -0.3 is 28.4 Å². The van der Waals surface area contributed by atoms with Gasteiger partial charge in [0.25, 0.3) is 0 Å². The Kier molecular flexibility index (Phi) is 6.49. The van der Waals surface area contributed by atoms with Gasteiger partial charge >= 0.3 is 0 Å². The Morgan fingerprint density at radius 1 is 0.471 bits per heavy atom. The van der Waals surface area contributed by atoms with Crippen molar-refractivity contribution in [3.8, 4) is 34.5 Å². The largest absolute Gasteiger partial charge is 0.454 e. The molecule has 0 bridgehead atoms. The van der Waals surface area contributed by atoms with E-state index in [1.807, 2.05) is 18.2 Å². The van der Waals surface area contributed by atoms with Crippen molar-refractivity contribution in [2.75, 3.05) is 20.4 Å². The molecular formula is C24H18I3NO6. The van der Waals surface area contributed by atoms with Crippen LogP contribution in [-0.2, 0) is 19.6 Å². The van der Waals surface area contributed by atoms with E-state index in [0.29, 0.717) is 0 Å². The molecule has 0 unspecified atom stereocenters. The first-order valence-corrected chi connectivity index (χ1v) is 13.7. The zero-order chi connectivity index (χ0) is 23.2. The van der Waals surface area contributed by atoms with E-state index >= 15 is 0 Å². The average molecular weight is 797 g/mol. The van der Waals surface area contributed by atoms with Crippen molar-refractivity contribution in [3.05, 3.63) is 63.8 Å². The molecule has 3 aliphatic heterocycles. The van der Waals surface area contributed by atoms with Crippen LogP contribution in [0.5, 0.6) is 34.5 Å². The molecule has 0 radical (unpaired) electrons. The molecule has 3 aromatic carbocycles. The summed E-state index contributed by atoms with van der Waals surface area (Å²) in [5, 5.41) is 0. The van der Waals surface area contributed by atoms with Crippen molar-refractivity contribution in [2.24, 2.45) is 0 Å². The van der Waals surface area contributed by atoms with Gasteiger partial charge in [0.1, 0.15) is 0 Å². The minimum absolute atomic E-state index is 0.267. The van der Waals surface area contributed by atoms with Crippen LogP contribution in [-0.4, -0.2) is 25.3 Å². The molecule has 0 atom stereocenters. The summed E-state index contributed by atoms with van der Waals surface area (Å²) in [6, 6.07) is 12.4. The highest BCUT2D eigenvalue weighted by Gasteiger charge is 2.23. The minimum Gasteiger partial charge on any atom is -0.454 e. The first-order valence-electron chi connectivity index (χ1n) is 10.5. The second-order valence-electron chi connectivity index (χ2n) is 8.04. The zero-order valence-electron chi connectivity index (χ0n) is 17.7. The molecule has 3 aromatic rings. The Morgan fingerprint density at radius 2 is 0.735 bits per heavy atom. The lowest BCUT2D eigenvalue weighted by Crippen LogP contribution is -2.24. The van der Waals surface area contributed by atoms with E-state index in [0.717, 1.165) is 64.8 Å². The molecule has 0 saturated carbocycles. The highest BCUT2D eigenvalue weighted by atomic mass is 127. The first kappa shape index (κ1) is 23.0. The summed E-state index contributed by atoms with van der Waals surface area (Å²) in [5.41, 5.74) is 3.57. The van der Waals surface area contributed by atoms with Gasteiger partial charge in [0.2, 0.25) is 20.4 Å². The molecule has 0 N–H and O–H groups in total. The zero-order valence-corrected chi connectivity index (χ0v) is 24.2. The third-order valence-electron chi connectivity index (χ3n) is 5.81. The molecule has 0 fully saturated rings. The number of nitrogens with zero attached hydrogens (tertiary/aromatic N) is 1. The van der Waals surface area contributed by atoms with Crippen LogP contribution in [0.15, 0.2) is 36.4 Å². The number of hydrogen-bond donors (Lipinski definition) is 0. The predicted octanol–water partition coefficient (Wildman–Crippen LogP) is 5.89. The lowest BCUT2D eigenvalue weighted by atomic mass is 10.1. The smallest absolute Gasteiger partial charge is 0.231 e. The summed E-state index contributed by atoms with van der Waals surface area (Å²) in [6.07, 6.45) is 0. The fourth-order valence-corrected chi connectivity index (χ4v) is 5.96. The van der Waals surface area contributed by atoms with E-state index in [9.17, 15) is 0 Å². The Balaban J connectivity index is 1.33. The van der Waals surface area contributed by atoms with Crippen LogP contribution in [0.1, 0.15) is 16.7 Å². The summed E-state index contributed by atoms with van der Waals surface area (Å²) in [7, 11) is 0. The van der Waals surface area contributed by atoms with Gasteiger partial charge in [-0.25, -0.2) is 0 Å². The number of hydrogen-bond acceptors (Lipinski definition) is 7. The van der Waals surface area contributed by atoms with E-state index in [1.165, 1.54) is 16.7 Å². The molecule has 34 heavy (non-hydrogen) atoms. The summed E-state index contributed by atoms with van der Waals surface area (Å²) < 4.78 is 37.0. The number of ether oxygens (including phenoxy) is 6. The summed E-state index contributed by atoms with van der Waals surface area (Å²) in [5.74, 6) is 4.79. The summed E-state index contributed by atoms with van der Waals surface area (Å²) in [6.45, 7) is 3.02. The SMILES string of the molecule is Ic1cc2c(cc1CN(Cc1cc3c(cc1I)OCO3)Cc1cc3c(cc1I)OCO3)OCO2. The number of benzene rings is 3. The van der Waals surface area contributed by atoms with Gasteiger partial charge in [-0.3, -0.25) is 4.90 Å². The highest BCUT2D eigenvalue weighted by molar-refractivity contribution is 14.1. The Bertz CT molecular complexity index is 1130.